The Balaban J connectivity index is 1.87. The quantitative estimate of drug-likeness (QED) is 0.776. The average Bonchev–Trinajstić information content (AvgIpc) is 2.93. The first-order valence-corrected chi connectivity index (χ1v) is 8.08. The number of nitrogens with zero attached hydrogens (tertiary/aromatic N) is 2. The highest BCUT2D eigenvalue weighted by Gasteiger charge is 2.16. The molecule has 1 N–H and O–H groups in total. The highest BCUT2D eigenvalue weighted by molar-refractivity contribution is 7.18. The number of para-hydroxylation sites is 1. The van der Waals surface area contributed by atoms with E-state index in [1.54, 1.807) is 11.3 Å². The maximum absolute atomic E-state index is 4.77. The van der Waals surface area contributed by atoms with E-state index >= 15 is 0 Å². The van der Waals surface area contributed by atoms with Crippen molar-refractivity contribution in [3.8, 4) is 0 Å². The molecule has 3 nitrogen and oxygen atoms in total. The van der Waals surface area contributed by atoms with Gasteiger partial charge in [0, 0.05) is 18.3 Å². The average molecular weight is 297 g/mol. The first-order chi connectivity index (χ1) is 10.3. The lowest BCUT2D eigenvalue weighted by Gasteiger charge is -2.14. The normalized spacial score (nSPS) is 12.7. The predicted molar refractivity (Wildman–Crippen MR) is 88.7 cm³/mol. The third-order valence-corrected chi connectivity index (χ3v) is 4.60. The van der Waals surface area contributed by atoms with Crippen LogP contribution in [0.4, 0.5) is 0 Å². The molecular weight excluding hydrogens is 278 g/mol. The molecule has 0 saturated heterocycles. The second-order valence-electron chi connectivity index (χ2n) is 5.16. The molecule has 0 aliphatic carbocycles. The van der Waals surface area contributed by atoms with Gasteiger partial charge in [0.05, 0.1) is 16.3 Å². The SMILES string of the molecule is CCNC(Cc1ccc(C)cn1)c1nc2ccccc2s1. The van der Waals surface area contributed by atoms with Gasteiger partial charge in [-0.2, -0.15) is 0 Å². The second-order valence-corrected chi connectivity index (χ2v) is 6.22. The Bertz CT molecular complexity index is 685. The molecule has 3 aromatic rings. The monoisotopic (exact) mass is 297 g/mol. The summed E-state index contributed by atoms with van der Waals surface area (Å²) in [5, 5.41) is 4.67. The molecule has 0 aliphatic rings. The maximum atomic E-state index is 4.77. The number of fused-ring (bicyclic) bond motifs is 1. The Kier molecular flexibility index (Phi) is 4.27. The van der Waals surface area contributed by atoms with Gasteiger partial charge >= 0.3 is 0 Å². The van der Waals surface area contributed by atoms with Crippen LogP contribution in [0.3, 0.4) is 0 Å². The van der Waals surface area contributed by atoms with E-state index in [4.69, 9.17) is 4.98 Å². The zero-order valence-electron chi connectivity index (χ0n) is 12.3. The Morgan fingerprint density at radius 3 is 2.76 bits per heavy atom. The summed E-state index contributed by atoms with van der Waals surface area (Å²) in [5.74, 6) is 0. The molecule has 0 aliphatic heterocycles. The van der Waals surface area contributed by atoms with Gasteiger partial charge in [-0.25, -0.2) is 4.98 Å². The molecule has 21 heavy (non-hydrogen) atoms. The molecule has 2 aromatic heterocycles. The smallest absolute Gasteiger partial charge is 0.111 e. The number of thiazole rings is 1. The summed E-state index contributed by atoms with van der Waals surface area (Å²) in [6.07, 6.45) is 2.80. The van der Waals surface area contributed by atoms with Crippen molar-refractivity contribution >= 4 is 21.6 Å². The van der Waals surface area contributed by atoms with Crippen molar-refractivity contribution in [2.45, 2.75) is 26.3 Å². The van der Waals surface area contributed by atoms with Crippen molar-refractivity contribution in [1.82, 2.24) is 15.3 Å². The van der Waals surface area contributed by atoms with Crippen LogP contribution >= 0.6 is 11.3 Å². The number of pyridine rings is 1. The third-order valence-electron chi connectivity index (χ3n) is 3.44. The van der Waals surface area contributed by atoms with Crippen LogP contribution in [0.5, 0.6) is 0 Å². The molecule has 2 heterocycles. The summed E-state index contributed by atoms with van der Waals surface area (Å²) in [6.45, 7) is 5.11. The van der Waals surface area contributed by atoms with E-state index in [0.29, 0.717) is 0 Å². The molecule has 0 saturated carbocycles. The molecule has 0 fully saturated rings. The Hall–Kier alpha value is -1.78. The van der Waals surface area contributed by atoms with Gasteiger partial charge < -0.3 is 5.32 Å². The van der Waals surface area contributed by atoms with E-state index < -0.39 is 0 Å². The van der Waals surface area contributed by atoms with Crippen molar-refractivity contribution < 1.29 is 0 Å². The van der Waals surface area contributed by atoms with Crippen LogP contribution < -0.4 is 5.32 Å². The molecular formula is C17H19N3S. The van der Waals surface area contributed by atoms with Crippen LogP contribution in [-0.4, -0.2) is 16.5 Å². The Labute approximate surface area is 129 Å². The molecule has 3 rings (SSSR count). The maximum Gasteiger partial charge on any atom is 0.111 e. The lowest BCUT2D eigenvalue weighted by Crippen LogP contribution is -2.23. The number of nitrogens with one attached hydrogen (secondary N) is 1. The summed E-state index contributed by atoms with van der Waals surface area (Å²) >= 11 is 1.77. The van der Waals surface area contributed by atoms with Gasteiger partial charge in [-0.1, -0.05) is 25.1 Å². The van der Waals surface area contributed by atoms with Gasteiger partial charge in [0.1, 0.15) is 5.01 Å². The number of hydrogen-bond acceptors (Lipinski definition) is 4. The van der Waals surface area contributed by atoms with E-state index in [9.17, 15) is 0 Å². The van der Waals surface area contributed by atoms with E-state index in [1.165, 1.54) is 10.3 Å². The van der Waals surface area contributed by atoms with E-state index in [-0.39, 0.29) is 6.04 Å². The highest BCUT2D eigenvalue weighted by Crippen LogP contribution is 2.27. The molecule has 0 spiro atoms. The van der Waals surface area contributed by atoms with Crippen molar-refractivity contribution in [2.24, 2.45) is 0 Å². The topological polar surface area (TPSA) is 37.8 Å². The van der Waals surface area contributed by atoms with Crippen LogP contribution in [0.25, 0.3) is 10.2 Å². The van der Waals surface area contributed by atoms with Crippen LogP contribution in [0, 0.1) is 6.92 Å². The van der Waals surface area contributed by atoms with Crippen LogP contribution in [0.2, 0.25) is 0 Å². The number of benzene rings is 1. The molecule has 4 heteroatoms. The molecule has 1 aromatic carbocycles. The fourth-order valence-electron chi connectivity index (χ4n) is 2.36. The zero-order chi connectivity index (χ0) is 14.7. The van der Waals surface area contributed by atoms with Gasteiger partial charge in [-0.15, -0.1) is 11.3 Å². The number of likely N-dealkylation sites (N-methyl/N-ethyl adjacent to an activating group) is 1. The van der Waals surface area contributed by atoms with E-state index in [1.807, 2.05) is 12.3 Å². The van der Waals surface area contributed by atoms with Crippen LogP contribution in [0.15, 0.2) is 42.6 Å². The second kappa shape index (κ2) is 6.33. The third kappa shape index (κ3) is 3.28. The van der Waals surface area contributed by atoms with Crippen LogP contribution in [0.1, 0.15) is 29.2 Å². The molecule has 0 amide bonds. The van der Waals surface area contributed by atoms with Gasteiger partial charge in [-0.05, 0) is 37.2 Å². The number of rotatable bonds is 5. The van der Waals surface area contributed by atoms with Crippen molar-refractivity contribution in [3.63, 3.8) is 0 Å². The van der Waals surface area contributed by atoms with Gasteiger partial charge in [0.15, 0.2) is 0 Å². The first-order valence-electron chi connectivity index (χ1n) is 7.26. The minimum absolute atomic E-state index is 0.225. The molecule has 0 bridgehead atoms. The Morgan fingerprint density at radius 1 is 1.19 bits per heavy atom. The lowest BCUT2D eigenvalue weighted by atomic mass is 10.1. The highest BCUT2D eigenvalue weighted by atomic mass is 32.1. The summed E-state index contributed by atoms with van der Waals surface area (Å²) in [5.41, 5.74) is 3.38. The standard InChI is InChI=1S/C17H19N3S/c1-3-18-15(10-13-9-8-12(2)11-19-13)17-20-14-6-4-5-7-16(14)21-17/h4-9,11,15,18H,3,10H2,1-2H3. The van der Waals surface area contributed by atoms with Crippen molar-refractivity contribution in [3.05, 3.63) is 58.9 Å². The minimum Gasteiger partial charge on any atom is -0.308 e. The molecule has 108 valence electrons. The minimum atomic E-state index is 0.225. The molecule has 0 radical (unpaired) electrons. The van der Waals surface area contributed by atoms with E-state index in [2.05, 4.69) is 54.5 Å². The fraction of sp³-hybridized carbons (Fsp3) is 0.294. The summed E-state index contributed by atoms with van der Waals surface area (Å²) in [7, 11) is 0. The predicted octanol–water partition coefficient (Wildman–Crippen LogP) is 3.89. The largest absolute Gasteiger partial charge is 0.308 e. The fourth-order valence-corrected chi connectivity index (χ4v) is 3.40. The summed E-state index contributed by atoms with van der Waals surface area (Å²) < 4.78 is 1.24. The number of aromatic nitrogens is 2. The number of aryl methyl sites for hydroxylation is 1. The summed E-state index contributed by atoms with van der Waals surface area (Å²) in [6, 6.07) is 12.7. The van der Waals surface area contributed by atoms with Crippen LogP contribution in [-0.2, 0) is 6.42 Å². The molecule has 1 unspecified atom stereocenters. The van der Waals surface area contributed by atoms with E-state index in [0.717, 1.165) is 29.2 Å². The van der Waals surface area contributed by atoms with Crippen molar-refractivity contribution in [2.75, 3.05) is 6.54 Å². The van der Waals surface area contributed by atoms with Gasteiger partial charge in [0.25, 0.3) is 0 Å². The van der Waals surface area contributed by atoms with Crippen molar-refractivity contribution in [1.29, 1.82) is 0 Å². The van der Waals surface area contributed by atoms with Gasteiger partial charge in [-0.3, -0.25) is 4.98 Å². The summed E-state index contributed by atoms with van der Waals surface area (Å²) in [4.78, 5) is 9.29. The first kappa shape index (κ1) is 14.2. The van der Waals surface area contributed by atoms with Gasteiger partial charge in [0.2, 0.25) is 0 Å². The Morgan fingerprint density at radius 2 is 2.05 bits per heavy atom. The number of hydrogen-bond donors (Lipinski definition) is 1. The lowest BCUT2D eigenvalue weighted by molar-refractivity contribution is 0.542. The zero-order valence-corrected chi connectivity index (χ0v) is 13.2. The molecule has 1 atom stereocenters.